The van der Waals surface area contributed by atoms with Gasteiger partial charge in [-0.2, -0.15) is 0 Å². The Hall–Kier alpha value is -1.35. The van der Waals surface area contributed by atoms with E-state index in [1.807, 2.05) is 11.0 Å². The van der Waals surface area contributed by atoms with Crippen molar-refractivity contribution in [2.24, 2.45) is 0 Å². The summed E-state index contributed by atoms with van der Waals surface area (Å²) < 4.78 is 5.69. The van der Waals surface area contributed by atoms with E-state index in [0.717, 1.165) is 25.9 Å². The monoisotopic (exact) mass is 233 g/mol. The highest BCUT2D eigenvalue weighted by molar-refractivity contribution is 5.73. The summed E-state index contributed by atoms with van der Waals surface area (Å²) in [6, 6.07) is 10.4. The number of ether oxygens (including phenoxy) is 1. The molecule has 0 aromatic heterocycles. The molecular formula is C14H19NO2. The van der Waals surface area contributed by atoms with Gasteiger partial charge in [0.05, 0.1) is 12.7 Å². The standard InChI is InChI=1S/C14H19NO2/c1-12(16)15-9-10-17-14(11-15)8-7-13-5-3-2-4-6-13/h2-6,14H,7-11H2,1H3/t14-/m0/s1. The molecule has 17 heavy (non-hydrogen) atoms. The van der Waals surface area contributed by atoms with Gasteiger partial charge in [0.1, 0.15) is 0 Å². The molecule has 0 spiro atoms. The number of nitrogens with zero attached hydrogens (tertiary/aromatic N) is 1. The molecule has 1 aromatic rings. The Morgan fingerprint density at radius 1 is 1.41 bits per heavy atom. The van der Waals surface area contributed by atoms with Crippen LogP contribution in [-0.4, -0.2) is 36.6 Å². The molecule has 0 unspecified atom stereocenters. The molecule has 1 amide bonds. The third-order valence-corrected chi connectivity index (χ3v) is 3.18. The molecule has 0 bridgehead atoms. The third kappa shape index (κ3) is 3.56. The van der Waals surface area contributed by atoms with Crippen LogP contribution in [0.25, 0.3) is 0 Å². The second-order valence-electron chi connectivity index (χ2n) is 4.48. The Morgan fingerprint density at radius 2 is 2.18 bits per heavy atom. The second kappa shape index (κ2) is 5.82. The Kier molecular flexibility index (Phi) is 4.15. The van der Waals surface area contributed by atoms with E-state index in [1.165, 1.54) is 5.56 Å². The number of hydrogen-bond acceptors (Lipinski definition) is 2. The van der Waals surface area contributed by atoms with Gasteiger partial charge in [-0.3, -0.25) is 4.79 Å². The van der Waals surface area contributed by atoms with E-state index in [4.69, 9.17) is 4.74 Å². The lowest BCUT2D eigenvalue weighted by Gasteiger charge is -2.32. The first-order valence-corrected chi connectivity index (χ1v) is 6.17. The quantitative estimate of drug-likeness (QED) is 0.797. The van der Waals surface area contributed by atoms with E-state index in [-0.39, 0.29) is 12.0 Å². The van der Waals surface area contributed by atoms with Gasteiger partial charge >= 0.3 is 0 Å². The molecule has 1 saturated heterocycles. The van der Waals surface area contributed by atoms with Crippen molar-refractivity contribution in [3.05, 3.63) is 35.9 Å². The minimum absolute atomic E-state index is 0.151. The van der Waals surface area contributed by atoms with Gasteiger partial charge < -0.3 is 9.64 Å². The van der Waals surface area contributed by atoms with Crippen LogP contribution < -0.4 is 0 Å². The van der Waals surface area contributed by atoms with E-state index in [2.05, 4.69) is 24.3 Å². The van der Waals surface area contributed by atoms with Gasteiger partial charge in [0.25, 0.3) is 0 Å². The van der Waals surface area contributed by atoms with Gasteiger partial charge in [0.15, 0.2) is 0 Å². The van der Waals surface area contributed by atoms with Gasteiger partial charge in [0.2, 0.25) is 5.91 Å². The van der Waals surface area contributed by atoms with Crippen LogP contribution >= 0.6 is 0 Å². The number of hydrogen-bond donors (Lipinski definition) is 0. The zero-order valence-electron chi connectivity index (χ0n) is 10.3. The molecule has 0 N–H and O–H groups in total. The van der Waals surface area contributed by atoms with Crippen molar-refractivity contribution in [1.82, 2.24) is 4.90 Å². The Bertz CT molecular complexity index is 364. The van der Waals surface area contributed by atoms with E-state index in [1.54, 1.807) is 6.92 Å². The van der Waals surface area contributed by atoms with Crippen LogP contribution in [0.5, 0.6) is 0 Å². The molecule has 1 aliphatic rings. The highest BCUT2D eigenvalue weighted by atomic mass is 16.5. The molecule has 1 fully saturated rings. The fourth-order valence-corrected chi connectivity index (χ4v) is 2.15. The Balaban J connectivity index is 1.81. The summed E-state index contributed by atoms with van der Waals surface area (Å²) in [4.78, 5) is 13.2. The molecule has 0 radical (unpaired) electrons. The third-order valence-electron chi connectivity index (χ3n) is 3.18. The summed E-state index contributed by atoms with van der Waals surface area (Å²) >= 11 is 0. The Morgan fingerprint density at radius 3 is 2.88 bits per heavy atom. The zero-order chi connectivity index (χ0) is 12.1. The second-order valence-corrected chi connectivity index (χ2v) is 4.48. The van der Waals surface area contributed by atoms with Crippen molar-refractivity contribution in [1.29, 1.82) is 0 Å². The van der Waals surface area contributed by atoms with Gasteiger partial charge in [0, 0.05) is 20.0 Å². The molecule has 0 aliphatic carbocycles. The topological polar surface area (TPSA) is 29.5 Å². The molecule has 3 nitrogen and oxygen atoms in total. The molecule has 1 atom stereocenters. The van der Waals surface area contributed by atoms with E-state index in [9.17, 15) is 4.79 Å². The lowest BCUT2D eigenvalue weighted by Crippen LogP contribution is -2.44. The molecule has 1 aliphatic heterocycles. The minimum Gasteiger partial charge on any atom is -0.375 e. The predicted octanol–water partition coefficient (Wildman–Crippen LogP) is 1.87. The fraction of sp³-hybridized carbons (Fsp3) is 0.500. The number of carbonyl (C=O) groups excluding carboxylic acids is 1. The molecule has 0 saturated carbocycles. The number of benzene rings is 1. The van der Waals surface area contributed by atoms with Crippen LogP contribution in [0.4, 0.5) is 0 Å². The average molecular weight is 233 g/mol. The number of morpholine rings is 1. The van der Waals surface area contributed by atoms with Gasteiger partial charge in [-0.25, -0.2) is 0 Å². The van der Waals surface area contributed by atoms with Gasteiger partial charge in [-0.15, -0.1) is 0 Å². The summed E-state index contributed by atoms with van der Waals surface area (Å²) in [7, 11) is 0. The fourth-order valence-electron chi connectivity index (χ4n) is 2.15. The van der Waals surface area contributed by atoms with E-state index in [0.29, 0.717) is 6.61 Å². The number of amides is 1. The molecule has 3 heteroatoms. The summed E-state index contributed by atoms with van der Waals surface area (Å²) in [6.45, 7) is 3.76. The maximum absolute atomic E-state index is 11.3. The van der Waals surface area contributed by atoms with Crippen molar-refractivity contribution >= 4 is 5.91 Å². The van der Waals surface area contributed by atoms with Crippen molar-refractivity contribution < 1.29 is 9.53 Å². The molecule has 92 valence electrons. The number of aryl methyl sites for hydroxylation is 1. The van der Waals surface area contributed by atoms with Crippen LogP contribution in [0.3, 0.4) is 0 Å². The summed E-state index contributed by atoms with van der Waals surface area (Å²) in [5.41, 5.74) is 1.33. The predicted molar refractivity (Wildman–Crippen MR) is 66.8 cm³/mol. The number of carbonyl (C=O) groups is 1. The Labute approximate surface area is 102 Å². The minimum atomic E-state index is 0.151. The van der Waals surface area contributed by atoms with Gasteiger partial charge in [-0.1, -0.05) is 30.3 Å². The summed E-state index contributed by atoms with van der Waals surface area (Å²) in [5.74, 6) is 0.151. The van der Waals surface area contributed by atoms with Crippen LogP contribution in [-0.2, 0) is 16.0 Å². The lowest BCUT2D eigenvalue weighted by molar-refractivity contribution is -0.136. The number of rotatable bonds is 3. The highest BCUT2D eigenvalue weighted by Gasteiger charge is 2.21. The first kappa shape index (κ1) is 12.1. The average Bonchev–Trinajstić information content (AvgIpc) is 2.38. The summed E-state index contributed by atoms with van der Waals surface area (Å²) in [5, 5.41) is 0. The van der Waals surface area contributed by atoms with Crippen LogP contribution in [0.15, 0.2) is 30.3 Å². The molecule has 1 aromatic carbocycles. The largest absolute Gasteiger partial charge is 0.375 e. The van der Waals surface area contributed by atoms with Crippen molar-refractivity contribution in [2.75, 3.05) is 19.7 Å². The first-order chi connectivity index (χ1) is 8.25. The maximum Gasteiger partial charge on any atom is 0.219 e. The maximum atomic E-state index is 11.3. The van der Waals surface area contributed by atoms with Crippen LogP contribution in [0.2, 0.25) is 0 Å². The SMILES string of the molecule is CC(=O)N1CCO[C@@H](CCc2ccccc2)C1. The van der Waals surface area contributed by atoms with Crippen molar-refractivity contribution in [2.45, 2.75) is 25.9 Å². The van der Waals surface area contributed by atoms with Crippen LogP contribution in [0.1, 0.15) is 18.9 Å². The first-order valence-electron chi connectivity index (χ1n) is 6.17. The van der Waals surface area contributed by atoms with E-state index >= 15 is 0 Å². The van der Waals surface area contributed by atoms with Gasteiger partial charge in [-0.05, 0) is 18.4 Å². The lowest BCUT2D eigenvalue weighted by atomic mass is 10.1. The molecule has 1 heterocycles. The highest BCUT2D eigenvalue weighted by Crippen LogP contribution is 2.12. The normalized spacial score (nSPS) is 20.3. The smallest absolute Gasteiger partial charge is 0.219 e. The summed E-state index contributed by atoms with van der Waals surface area (Å²) in [6.07, 6.45) is 2.18. The van der Waals surface area contributed by atoms with Crippen molar-refractivity contribution in [3.8, 4) is 0 Å². The molecule has 2 rings (SSSR count). The zero-order valence-corrected chi connectivity index (χ0v) is 10.3. The van der Waals surface area contributed by atoms with E-state index < -0.39 is 0 Å². The van der Waals surface area contributed by atoms with Crippen molar-refractivity contribution in [3.63, 3.8) is 0 Å². The van der Waals surface area contributed by atoms with Crippen LogP contribution in [0, 0.1) is 0 Å². The molecular weight excluding hydrogens is 214 g/mol.